The summed E-state index contributed by atoms with van der Waals surface area (Å²) in [7, 11) is 1.77. The Morgan fingerprint density at radius 2 is 2.19 bits per heavy atom. The molecule has 2 rings (SSSR count). The molecular formula is C11H17N3O2. The van der Waals surface area contributed by atoms with Gasteiger partial charge in [0.1, 0.15) is 11.4 Å². The first kappa shape index (κ1) is 11.1. The van der Waals surface area contributed by atoms with Crippen LogP contribution in [0, 0.1) is 6.92 Å². The minimum absolute atomic E-state index is 0.312. The lowest BCUT2D eigenvalue weighted by atomic mass is 10.0. The van der Waals surface area contributed by atoms with Gasteiger partial charge in [-0.2, -0.15) is 5.10 Å². The van der Waals surface area contributed by atoms with Crippen LogP contribution >= 0.6 is 0 Å². The monoisotopic (exact) mass is 223 g/mol. The number of aliphatic hydroxyl groups is 1. The minimum Gasteiger partial charge on any atom is -0.380 e. The van der Waals surface area contributed by atoms with Gasteiger partial charge in [0.05, 0.1) is 5.69 Å². The van der Waals surface area contributed by atoms with E-state index in [4.69, 9.17) is 0 Å². The van der Waals surface area contributed by atoms with Gasteiger partial charge in [-0.15, -0.1) is 0 Å². The summed E-state index contributed by atoms with van der Waals surface area (Å²) in [6, 6.07) is 1.79. The van der Waals surface area contributed by atoms with Crippen LogP contribution in [0.3, 0.4) is 0 Å². The number of nitrogens with one attached hydrogen (secondary N) is 1. The Morgan fingerprint density at radius 1 is 1.56 bits per heavy atom. The van der Waals surface area contributed by atoms with Crippen molar-refractivity contribution < 1.29 is 9.90 Å². The summed E-state index contributed by atoms with van der Waals surface area (Å²) < 4.78 is 1.60. The van der Waals surface area contributed by atoms with Gasteiger partial charge >= 0.3 is 0 Å². The van der Waals surface area contributed by atoms with Gasteiger partial charge in [0.2, 0.25) is 0 Å². The highest BCUT2D eigenvalue weighted by atomic mass is 16.3. The molecule has 1 aromatic heterocycles. The summed E-state index contributed by atoms with van der Waals surface area (Å²) in [5.41, 5.74) is -0.339. The van der Waals surface area contributed by atoms with Crippen molar-refractivity contribution in [1.29, 1.82) is 0 Å². The molecule has 2 N–H and O–H groups in total. The molecule has 88 valence electrons. The Hall–Kier alpha value is -1.36. The Kier molecular flexibility index (Phi) is 2.71. The van der Waals surface area contributed by atoms with Crippen molar-refractivity contribution in [1.82, 2.24) is 9.78 Å². The Morgan fingerprint density at radius 3 is 2.69 bits per heavy atom. The molecule has 5 heteroatoms. The average molecular weight is 223 g/mol. The SMILES string of the molecule is Cc1cc(NC(=O)C2(O)CCCC2)n(C)n1. The number of amides is 1. The van der Waals surface area contributed by atoms with Crippen molar-refractivity contribution in [3.8, 4) is 0 Å². The van der Waals surface area contributed by atoms with Crippen LogP contribution in [0.5, 0.6) is 0 Å². The zero-order chi connectivity index (χ0) is 11.8. The third-order valence-corrected chi connectivity index (χ3v) is 3.10. The molecule has 16 heavy (non-hydrogen) atoms. The number of carbonyl (C=O) groups is 1. The molecule has 1 amide bonds. The quantitative estimate of drug-likeness (QED) is 0.785. The maximum absolute atomic E-state index is 11.9. The molecule has 0 saturated heterocycles. The molecule has 0 bridgehead atoms. The largest absolute Gasteiger partial charge is 0.380 e. The van der Waals surface area contributed by atoms with Gasteiger partial charge in [0, 0.05) is 13.1 Å². The molecule has 1 aromatic rings. The van der Waals surface area contributed by atoms with E-state index in [1.165, 1.54) is 0 Å². The average Bonchev–Trinajstić information content (AvgIpc) is 2.75. The number of hydrogen-bond acceptors (Lipinski definition) is 3. The van der Waals surface area contributed by atoms with Crippen LogP contribution in [0.4, 0.5) is 5.82 Å². The van der Waals surface area contributed by atoms with Gasteiger partial charge in [-0.05, 0) is 32.6 Å². The number of hydrogen-bond donors (Lipinski definition) is 2. The van der Waals surface area contributed by atoms with E-state index in [9.17, 15) is 9.90 Å². The van der Waals surface area contributed by atoms with Crippen molar-refractivity contribution in [3.05, 3.63) is 11.8 Å². The molecule has 0 spiro atoms. The summed E-state index contributed by atoms with van der Waals surface area (Å²) in [5, 5.41) is 16.9. The zero-order valence-corrected chi connectivity index (χ0v) is 9.66. The Bertz CT molecular complexity index is 405. The second kappa shape index (κ2) is 3.90. The number of aryl methyl sites for hydroxylation is 2. The first-order valence-electron chi connectivity index (χ1n) is 5.56. The van der Waals surface area contributed by atoms with Crippen LogP contribution in [0.25, 0.3) is 0 Å². The summed E-state index contributed by atoms with van der Waals surface area (Å²) in [6.07, 6.45) is 2.92. The lowest BCUT2D eigenvalue weighted by Crippen LogP contribution is -2.40. The van der Waals surface area contributed by atoms with Crippen LogP contribution in [0.1, 0.15) is 31.4 Å². The number of rotatable bonds is 2. The smallest absolute Gasteiger partial charge is 0.257 e. The topological polar surface area (TPSA) is 67.2 Å². The molecule has 5 nitrogen and oxygen atoms in total. The van der Waals surface area contributed by atoms with Crippen LogP contribution in [-0.2, 0) is 11.8 Å². The second-order valence-electron chi connectivity index (χ2n) is 4.49. The third-order valence-electron chi connectivity index (χ3n) is 3.10. The van der Waals surface area contributed by atoms with E-state index in [1.807, 2.05) is 6.92 Å². The third kappa shape index (κ3) is 1.95. The predicted octanol–water partition coefficient (Wildman–Crippen LogP) is 0.972. The van der Waals surface area contributed by atoms with Crippen molar-refractivity contribution in [2.75, 3.05) is 5.32 Å². The highest BCUT2D eigenvalue weighted by molar-refractivity contribution is 5.96. The van der Waals surface area contributed by atoms with Gasteiger partial charge in [-0.25, -0.2) is 0 Å². The van der Waals surface area contributed by atoms with Crippen molar-refractivity contribution >= 4 is 11.7 Å². The predicted molar refractivity (Wildman–Crippen MR) is 60.0 cm³/mol. The number of anilines is 1. The fourth-order valence-electron chi connectivity index (χ4n) is 2.15. The summed E-state index contributed by atoms with van der Waals surface area (Å²) in [4.78, 5) is 11.9. The van der Waals surface area contributed by atoms with Crippen molar-refractivity contribution in [3.63, 3.8) is 0 Å². The molecule has 1 aliphatic rings. The van der Waals surface area contributed by atoms with Gasteiger partial charge in [-0.3, -0.25) is 9.48 Å². The minimum atomic E-state index is -1.18. The zero-order valence-electron chi connectivity index (χ0n) is 9.66. The lowest BCUT2D eigenvalue weighted by molar-refractivity contribution is -0.133. The molecule has 0 atom stereocenters. The van der Waals surface area contributed by atoms with E-state index in [1.54, 1.807) is 17.8 Å². The van der Waals surface area contributed by atoms with Crippen molar-refractivity contribution in [2.45, 2.75) is 38.2 Å². The summed E-state index contributed by atoms with van der Waals surface area (Å²) in [6.45, 7) is 1.86. The second-order valence-corrected chi connectivity index (χ2v) is 4.49. The van der Waals surface area contributed by atoms with E-state index in [0.717, 1.165) is 18.5 Å². The van der Waals surface area contributed by atoms with E-state index >= 15 is 0 Å². The number of carbonyl (C=O) groups excluding carboxylic acids is 1. The normalized spacial score (nSPS) is 18.7. The highest BCUT2D eigenvalue weighted by Crippen LogP contribution is 2.30. The maximum Gasteiger partial charge on any atom is 0.257 e. The van der Waals surface area contributed by atoms with Crippen LogP contribution in [0.2, 0.25) is 0 Å². The summed E-state index contributed by atoms with van der Waals surface area (Å²) in [5.74, 6) is 0.316. The molecule has 1 heterocycles. The molecule has 0 unspecified atom stereocenters. The van der Waals surface area contributed by atoms with Crippen LogP contribution in [-0.4, -0.2) is 26.4 Å². The van der Waals surface area contributed by atoms with Crippen LogP contribution in [0.15, 0.2) is 6.07 Å². The molecule has 0 aliphatic heterocycles. The van der Waals surface area contributed by atoms with E-state index in [-0.39, 0.29) is 5.91 Å². The maximum atomic E-state index is 11.9. The molecule has 0 radical (unpaired) electrons. The number of nitrogens with zero attached hydrogens (tertiary/aromatic N) is 2. The molecule has 1 aliphatic carbocycles. The highest BCUT2D eigenvalue weighted by Gasteiger charge is 2.39. The summed E-state index contributed by atoms with van der Waals surface area (Å²) >= 11 is 0. The van der Waals surface area contributed by atoms with Gasteiger partial charge in [0.25, 0.3) is 5.91 Å². The molecule has 0 aromatic carbocycles. The number of aromatic nitrogens is 2. The van der Waals surface area contributed by atoms with E-state index in [2.05, 4.69) is 10.4 Å². The van der Waals surface area contributed by atoms with E-state index < -0.39 is 5.60 Å². The molecular weight excluding hydrogens is 206 g/mol. The van der Waals surface area contributed by atoms with Gasteiger partial charge in [-0.1, -0.05) is 0 Å². The molecule has 1 saturated carbocycles. The first-order chi connectivity index (χ1) is 7.51. The van der Waals surface area contributed by atoms with Gasteiger partial charge < -0.3 is 10.4 Å². The van der Waals surface area contributed by atoms with Crippen LogP contribution < -0.4 is 5.32 Å². The van der Waals surface area contributed by atoms with Crippen molar-refractivity contribution in [2.24, 2.45) is 7.05 Å². The van der Waals surface area contributed by atoms with Gasteiger partial charge in [0.15, 0.2) is 0 Å². The van der Waals surface area contributed by atoms with E-state index in [0.29, 0.717) is 18.7 Å². The standard InChI is InChI=1S/C11H17N3O2/c1-8-7-9(14(2)13-8)12-10(15)11(16)5-3-4-6-11/h7,16H,3-6H2,1-2H3,(H,12,15). The fraction of sp³-hybridized carbons (Fsp3) is 0.636. The Balaban J connectivity index is 2.10. The fourth-order valence-corrected chi connectivity index (χ4v) is 2.15. The Labute approximate surface area is 94.5 Å². The first-order valence-corrected chi connectivity index (χ1v) is 5.56. The lowest BCUT2D eigenvalue weighted by Gasteiger charge is -2.20. The molecule has 1 fully saturated rings.